The molecule has 25 heteroatoms. The Labute approximate surface area is 625 Å². The Morgan fingerprint density at radius 1 is 0.528 bits per heavy atom. The highest BCUT2D eigenvalue weighted by atomic mass is 35.5. The van der Waals surface area contributed by atoms with E-state index in [1.807, 2.05) is 125 Å². The lowest BCUT2D eigenvalue weighted by molar-refractivity contribution is 0.501. The Hall–Kier alpha value is -11.6. The predicted molar refractivity (Wildman–Crippen MR) is 433 cm³/mol. The Morgan fingerprint density at radius 3 is 1.70 bits per heavy atom. The van der Waals surface area contributed by atoms with Crippen molar-refractivity contribution in [3.05, 3.63) is 220 Å². The molecule has 2 fully saturated rings. The van der Waals surface area contributed by atoms with Gasteiger partial charge in [-0.15, -0.1) is 11.3 Å². The Bertz CT molecular complexity index is 5460. The summed E-state index contributed by atoms with van der Waals surface area (Å²) in [5.74, 6) is 5.61. The third-order valence-corrected chi connectivity index (χ3v) is 21.7. The van der Waals surface area contributed by atoms with Crippen molar-refractivity contribution in [2.24, 2.45) is 17.8 Å². The zero-order valence-electron chi connectivity index (χ0n) is 60.6. The molecule has 542 valence electrons. The number of nitrogen functional groups attached to an aromatic ring is 5. The summed E-state index contributed by atoms with van der Waals surface area (Å²) in [6.07, 6.45) is 10.3. The molecular formula is C81H86ClN19O3S2. The number of thiophene rings is 1. The number of nitrogens with zero attached hydrogens (tertiary/aromatic N) is 11. The predicted octanol–water partition coefficient (Wildman–Crippen LogP) is 17.1. The van der Waals surface area contributed by atoms with Crippen LogP contribution in [-0.2, 0) is 22.9 Å². The van der Waals surface area contributed by atoms with Gasteiger partial charge in [-0.1, -0.05) is 128 Å². The van der Waals surface area contributed by atoms with E-state index in [1.165, 1.54) is 50.9 Å². The summed E-state index contributed by atoms with van der Waals surface area (Å²) in [4.78, 5) is 43.0. The van der Waals surface area contributed by atoms with Crippen molar-refractivity contribution in [2.75, 3.05) is 58.7 Å². The smallest absolute Gasteiger partial charge is 0.268 e. The molecule has 2 aliphatic rings. The van der Waals surface area contributed by atoms with Gasteiger partial charge in [0.05, 0.1) is 38.9 Å². The first kappa shape index (κ1) is 74.1. The molecule has 2 saturated carbocycles. The minimum absolute atomic E-state index is 0.145. The van der Waals surface area contributed by atoms with Gasteiger partial charge < -0.3 is 49.0 Å². The molecule has 106 heavy (non-hydrogen) atoms. The summed E-state index contributed by atoms with van der Waals surface area (Å²) in [6, 6.07) is 52.4. The summed E-state index contributed by atoms with van der Waals surface area (Å²) in [5.41, 5.74) is 45.8. The minimum Gasteiger partial charge on any atom is -0.464 e. The van der Waals surface area contributed by atoms with E-state index in [2.05, 4.69) is 135 Å². The molecule has 14 aromatic rings. The molecular weight excluding hydrogens is 1390 g/mol. The van der Waals surface area contributed by atoms with Gasteiger partial charge in [-0.05, 0) is 157 Å². The molecule has 16 rings (SSSR count). The molecule has 0 amide bonds. The maximum atomic E-state index is 13.5. The van der Waals surface area contributed by atoms with E-state index in [9.17, 15) is 8.42 Å². The monoisotopic (exact) mass is 1470 g/mol. The third-order valence-electron chi connectivity index (χ3n) is 18.7. The Balaban J connectivity index is 0.000000127. The molecule has 0 saturated heterocycles. The van der Waals surface area contributed by atoms with Crippen LogP contribution in [0.1, 0.15) is 80.1 Å². The van der Waals surface area contributed by atoms with Gasteiger partial charge in [0.2, 0.25) is 29.7 Å². The number of halogens is 1. The topological polar surface area (TPSA) is 347 Å². The molecule has 13 N–H and O–H groups in total. The van der Waals surface area contributed by atoms with Crippen molar-refractivity contribution < 1.29 is 12.8 Å². The number of benzene rings is 6. The SMILES string of the molecule is CCc1cc(-c2cc(C)ccc2Cl)nc(N)n1.CNc1cc(-c2coc3ccccc23)nc(N)n1.CNc1cc(-c2csc3ccccc23)nc(N)n1.Cc1ccc(S(=O)(=O)n2cc(-c3cc(N[C@@H](C)C4CC4)nc(N)n3)c3ccccc32)cc1.Cc1cccc(-c2cc(C[C@H](C)C3CC3)nc(N)n2)c1C. The van der Waals surface area contributed by atoms with E-state index in [1.54, 1.807) is 61.2 Å². The van der Waals surface area contributed by atoms with E-state index in [4.69, 9.17) is 44.7 Å². The maximum absolute atomic E-state index is 13.5. The lowest BCUT2D eigenvalue weighted by atomic mass is 9.97. The number of fused-ring (bicyclic) bond motifs is 3. The average molecular weight is 1470 g/mol. The van der Waals surface area contributed by atoms with Gasteiger partial charge in [-0.3, -0.25) is 0 Å². The van der Waals surface area contributed by atoms with E-state index in [0.29, 0.717) is 57.3 Å². The first-order valence-electron chi connectivity index (χ1n) is 35.0. The highest BCUT2D eigenvalue weighted by Gasteiger charge is 2.30. The molecule has 2 aliphatic carbocycles. The van der Waals surface area contributed by atoms with Gasteiger partial charge in [-0.25, -0.2) is 47.3 Å². The van der Waals surface area contributed by atoms with Crippen LogP contribution < -0.4 is 44.6 Å². The molecule has 22 nitrogen and oxygen atoms in total. The molecule has 0 bridgehead atoms. The van der Waals surface area contributed by atoms with Crippen LogP contribution >= 0.6 is 22.9 Å². The standard InChI is InChI=1S/C24H25N5O2S.C18H23N3.C13H14ClN3.C13H12N4O.C13H12N4S/c1-15-7-11-18(12-8-15)32(30,31)29-14-20(19-5-3-4-6-22(19)29)21-13-23(28-24(25)27-21)26-16(2)17-9-10-17;1-11-5-4-6-16(13(11)3)17-10-15(20-18(19)21-17)9-12(2)14-7-8-14;1-3-9-7-12(17-13(15)16-9)10-6-8(2)4-5-11(10)14;2*1-15-12-6-10(16-13(14)17-12)9-7-18-11-5-3-2-4-8(9)11/h3-8,11-14,16-17H,9-10H2,1-2H3,(H3,25,26,27,28);4-6,10,12,14H,7-9H2,1-3H3,(H2,19,20,21);4-7H,3H2,1-2H3,(H2,15,16,17);2*2-7H,1H3,(H3,14,15,16,17)/t16-;12-;;;/m00.../s1. The van der Waals surface area contributed by atoms with Crippen molar-refractivity contribution in [3.8, 4) is 56.3 Å². The number of nitrogens with one attached hydrogen (secondary N) is 3. The Morgan fingerprint density at radius 2 is 1.06 bits per heavy atom. The van der Waals surface area contributed by atoms with Crippen LogP contribution in [0.3, 0.4) is 0 Å². The summed E-state index contributed by atoms with van der Waals surface area (Å²) in [5, 5.41) is 15.1. The van der Waals surface area contributed by atoms with Crippen molar-refractivity contribution in [1.82, 2.24) is 53.8 Å². The number of anilines is 8. The summed E-state index contributed by atoms with van der Waals surface area (Å²) >= 11 is 7.88. The summed E-state index contributed by atoms with van der Waals surface area (Å²) in [7, 11) is -0.178. The second-order valence-corrected chi connectivity index (χ2v) is 29.7. The van der Waals surface area contributed by atoms with E-state index < -0.39 is 10.0 Å². The zero-order valence-corrected chi connectivity index (χ0v) is 63.0. The minimum atomic E-state index is -3.79. The van der Waals surface area contributed by atoms with E-state index in [0.717, 1.165) is 108 Å². The van der Waals surface area contributed by atoms with E-state index in [-0.39, 0.29) is 28.7 Å². The lowest BCUT2D eigenvalue weighted by Gasteiger charge is -2.14. The molecule has 0 radical (unpaired) electrons. The number of hydrogen-bond donors (Lipinski definition) is 8. The van der Waals surface area contributed by atoms with Gasteiger partial charge in [0.1, 0.15) is 29.3 Å². The van der Waals surface area contributed by atoms with Crippen LogP contribution in [0, 0.1) is 45.4 Å². The quantitative estimate of drug-likeness (QED) is 0.0445. The highest BCUT2D eigenvalue weighted by molar-refractivity contribution is 7.90. The highest BCUT2D eigenvalue weighted by Crippen LogP contribution is 2.40. The fourth-order valence-corrected chi connectivity index (χ4v) is 15.0. The number of aryl methyl sites for hydroxylation is 4. The van der Waals surface area contributed by atoms with Crippen molar-refractivity contribution >= 4 is 112 Å². The number of hydrogen-bond acceptors (Lipinski definition) is 22. The van der Waals surface area contributed by atoms with Gasteiger partial charge in [0, 0.05) is 115 Å². The molecule has 0 unspecified atom stereocenters. The largest absolute Gasteiger partial charge is 0.464 e. The van der Waals surface area contributed by atoms with Crippen LogP contribution in [0.15, 0.2) is 191 Å². The van der Waals surface area contributed by atoms with Crippen LogP contribution in [0.25, 0.3) is 88.2 Å². The van der Waals surface area contributed by atoms with Crippen molar-refractivity contribution in [1.29, 1.82) is 0 Å². The second-order valence-electron chi connectivity index (χ2n) is 26.5. The molecule has 2 atom stereocenters. The van der Waals surface area contributed by atoms with Crippen LogP contribution in [0.4, 0.5) is 47.2 Å². The Kier molecular flexibility index (Phi) is 22.8. The van der Waals surface area contributed by atoms with Gasteiger partial charge >= 0.3 is 0 Å². The third kappa shape index (κ3) is 17.8. The van der Waals surface area contributed by atoms with Crippen LogP contribution in [0.2, 0.25) is 5.02 Å². The normalized spacial score (nSPS) is 13.0. The molecule has 0 spiro atoms. The van der Waals surface area contributed by atoms with E-state index >= 15 is 0 Å². The summed E-state index contributed by atoms with van der Waals surface area (Å²) in [6.45, 7) is 14.7. The molecule has 6 aromatic carbocycles. The number of aromatic nitrogens is 11. The number of para-hydroxylation sites is 2. The maximum Gasteiger partial charge on any atom is 0.268 e. The molecule has 0 aliphatic heterocycles. The second kappa shape index (κ2) is 32.6. The van der Waals surface area contributed by atoms with Crippen molar-refractivity contribution in [3.63, 3.8) is 0 Å². The first-order valence-corrected chi connectivity index (χ1v) is 37.7. The zero-order chi connectivity index (χ0) is 74.9. The summed E-state index contributed by atoms with van der Waals surface area (Å²) < 4.78 is 35.0. The first-order chi connectivity index (χ1) is 51.0. The van der Waals surface area contributed by atoms with Gasteiger partial charge in [-0.2, -0.15) is 15.0 Å². The molecule has 8 aromatic heterocycles. The van der Waals surface area contributed by atoms with Crippen LogP contribution in [-0.4, -0.2) is 82.4 Å². The fourth-order valence-electron chi connectivity index (χ4n) is 12.4. The molecule has 8 heterocycles. The van der Waals surface area contributed by atoms with Gasteiger partial charge in [0.25, 0.3) is 10.0 Å². The van der Waals surface area contributed by atoms with Crippen molar-refractivity contribution in [2.45, 2.75) is 97.9 Å². The average Bonchev–Trinajstić information content (AvgIpc) is 1.60. The lowest BCUT2D eigenvalue weighted by Crippen LogP contribution is -2.18. The number of nitrogens with two attached hydrogens (primary N) is 5. The van der Waals surface area contributed by atoms with Crippen LogP contribution in [0.5, 0.6) is 0 Å². The number of furan rings is 1. The fraction of sp³-hybridized carbons (Fsp3) is 0.235. The number of rotatable bonds is 16. The van der Waals surface area contributed by atoms with Gasteiger partial charge in [0.15, 0.2) is 0 Å².